The predicted octanol–water partition coefficient (Wildman–Crippen LogP) is 1.45. The maximum Gasteiger partial charge on any atom is 0.243 e. The summed E-state index contributed by atoms with van der Waals surface area (Å²) in [4.78, 5) is 0.219. The molecule has 0 amide bonds. The van der Waals surface area contributed by atoms with E-state index in [0.717, 1.165) is 16.4 Å². The molecule has 0 saturated heterocycles. The van der Waals surface area contributed by atoms with Crippen molar-refractivity contribution < 1.29 is 13.2 Å². The smallest absolute Gasteiger partial charge is 0.243 e. The zero-order chi connectivity index (χ0) is 15.9. The third-order valence-corrected chi connectivity index (χ3v) is 4.72. The van der Waals surface area contributed by atoms with Gasteiger partial charge in [-0.3, -0.25) is 0 Å². The first kappa shape index (κ1) is 17.5. The van der Waals surface area contributed by atoms with Crippen LogP contribution < -0.4 is 10.1 Å². The van der Waals surface area contributed by atoms with E-state index in [1.807, 2.05) is 13.8 Å². The number of benzene rings is 1. The molecule has 21 heavy (non-hydrogen) atoms. The number of sulfonamides is 1. The summed E-state index contributed by atoms with van der Waals surface area (Å²) in [5, 5.41) is 3.18. The van der Waals surface area contributed by atoms with Crippen molar-refractivity contribution in [2.75, 3.05) is 26.7 Å². The van der Waals surface area contributed by atoms with Gasteiger partial charge in [0.15, 0.2) is 0 Å². The summed E-state index contributed by atoms with van der Waals surface area (Å²) in [6.45, 7) is 5.79. The molecule has 1 aromatic carbocycles. The van der Waals surface area contributed by atoms with E-state index in [-0.39, 0.29) is 11.4 Å². The second-order valence-electron chi connectivity index (χ2n) is 4.45. The van der Waals surface area contributed by atoms with Crippen LogP contribution in [0.25, 0.3) is 0 Å². The van der Waals surface area contributed by atoms with Gasteiger partial charge >= 0.3 is 0 Å². The van der Waals surface area contributed by atoms with Crippen LogP contribution in [-0.2, 0) is 16.6 Å². The Balaban J connectivity index is 3.17. The van der Waals surface area contributed by atoms with Crippen molar-refractivity contribution in [3.05, 3.63) is 23.8 Å². The van der Waals surface area contributed by atoms with Crippen LogP contribution in [0.3, 0.4) is 0 Å². The fourth-order valence-corrected chi connectivity index (χ4v) is 2.94. The number of rotatable bonds is 8. The molecule has 1 aromatic rings. The third-order valence-electron chi connectivity index (χ3n) is 2.92. The molecule has 0 heterocycles. The zero-order valence-corrected chi connectivity index (χ0v) is 13.5. The van der Waals surface area contributed by atoms with Gasteiger partial charge in [-0.2, -0.15) is 4.31 Å². The molecule has 0 radical (unpaired) electrons. The maximum absolute atomic E-state index is 12.4. The summed E-state index contributed by atoms with van der Waals surface area (Å²) < 4.78 is 31.5. The Hall–Kier alpha value is -1.55. The molecule has 0 atom stereocenters. The van der Waals surface area contributed by atoms with Crippen LogP contribution in [0.1, 0.15) is 19.4 Å². The fourth-order valence-electron chi connectivity index (χ4n) is 1.80. The van der Waals surface area contributed by atoms with Crippen LogP contribution in [0.5, 0.6) is 5.75 Å². The lowest BCUT2D eigenvalue weighted by Gasteiger charge is -2.17. The highest BCUT2D eigenvalue weighted by atomic mass is 32.2. The van der Waals surface area contributed by atoms with Crippen molar-refractivity contribution >= 4 is 10.0 Å². The van der Waals surface area contributed by atoms with Crippen molar-refractivity contribution in [3.63, 3.8) is 0 Å². The summed E-state index contributed by atoms with van der Waals surface area (Å²) in [5.41, 5.74) is 0.814. The molecular weight excluding hydrogens is 288 g/mol. The average molecular weight is 310 g/mol. The van der Waals surface area contributed by atoms with Gasteiger partial charge in [-0.05, 0) is 31.7 Å². The quantitative estimate of drug-likeness (QED) is 0.738. The topological polar surface area (TPSA) is 58.6 Å². The zero-order valence-electron chi connectivity index (χ0n) is 12.7. The molecule has 1 N–H and O–H groups in total. The molecule has 5 nitrogen and oxygen atoms in total. The lowest BCUT2D eigenvalue weighted by Crippen LogP contribution is -2.27. The van der Waals surface area contributed by atoms with E-state index in [1.165, 1.54) is 7.05 Å². The number of hydrogen-bond donors (Lipinski definition) is 1. The normalized spacial score (nSPS) is 11.4. The lowest BCUT2D eigenvalue weighted by atomic mass is 10.2. The van der Waals surface area contributed by atoms with Crippen molar-refractivity contribution in [1.82, 2.24) is 9.62 Å². The summed E-state index contributed by atoms with van der Waals surface area (Å²) in [5.74, 6) is 3.03. The highest BCUT2D eigenvalue weighted by Crippen LogP contribution is 2.24. The number of nitrogens with one attached hydrogen (secondary N) is 1. The van der Waals surface area contributed by atoms with Gasteiger partial charge in [0.2, 0.25) is 10.0 Å². The van der Waals surface area contributed by atoms with Crippen LogP contribution in [0.2, 0.25) is 0 Å². The molecule has 1 rings (SSSR count). The SMILES string of the molecule is C#CCN(C)S(=O)(=O)c1ccc(OCC)c(CNCC)c1. The first-order chi connectivity index (χ1) is 9.97. The number of nitrogens with zero attached hydrogens (tertiary/aromatic N) is 1. The van der Waals surface area contributed by atoms with E-state index in [0.29, 0.717) is 18.9 Å². The monoisotopic (exact) mass is 310 g/mol. The van der Waals surface area contributed by atoms with Gasteiger partial charge in [-0.25, -0.2) is 8.42 Å². The molecule has 0 unspecified atom stereocenters. The molecule has 0 aliphatic heterocycles. The molecule has 6 heteroatoms. The van der Waals surface area contributed by atoms with Crippen LogP contribution in [0.15, 0.2) is 23.1 Å². The summed E-state index contributed by atoms with van der Waals surface area (Å²) in [7, 11) is -2.11. The molecule has 0 aliphatic rings. The van der Waals surface area contributed by atoms with E-state index < -0.39 is 10.0 Å². The van der Waals surface area contributed by atoms with E-state index in [4.69, 9.17) is 11.2 Å². The van der Waals surface area contributed by atoms with Gasteiger partial charge in [-0.15, -0.1) is 6.42 Å². The van der Waals surface area contributed by atoms with Gasteiger partial charge in [0.25, 0.3) is 0 Å². The van der Waals surface area contributed by atoms with Crippen molar-refractivity contribution in [2.45, 2.75) is 25.3 Å². The van der Waals surface area contributed by atoms with Crippen LogP contribution in [0, 0.1) is 12.3 Å². The predicted molar refractivity (Wildman–Crippen MR) is 83.6 cm³/mol. The molecular formula is C15H22N2O3S. The van der Waals surface area contributed by atoms with Gasteiger partial charge in [0.05, 0.1) is 18.0 Å². The first-order valence-electron chi connectivity index (χ1n) is 6.83. The Morgan fingerprint density at radius 2 is 2.10 bits per heavy atom. The number of terminal acetylenes is 1. The highest BCUT2D eigenvalue weighted by Gasteiger charge is 2.21. The van der Waals surface area contributed by atoms with Crippen LogP contribution >= 0.6 is 0 Å². The maximum atomic E-state index is 12.4. The molecule has 0 bridgehead atoms. The van der Waals surface area contributed by atoms with Gasteiger partial charge in [0.1, 0.15) is 5.75 Å². The molecule has 0 fully saturated rings. The minimum Gasteiger partial charge on any atom is -0.494 e. The van der Waals surface area contributed by atoms with E-state index >= 15 is 0 Å². The Kier molecular flexibility index (Phi) is 6.69. The Morgan fingerprint density at radius 3 is 2.67 bits per heavy atom. The highest BCUT2D eigenvalue weighted by molar-refractivity contribution is 7.89. The molecule has 0 saturated carbocycles. The van der Waals surface area contributed by atoms with Crippen molar-refractivity contribution in [3.8, 4) is 18.1 Å². The molecule has 116 valence electrons. The minimum absolute atomic E-state index is 0.0398. The summed E-state index contributed by atoms with van der Waals surface area (Å²) in [6, 6.07) is 4.87. The largest absolute Gasteiger partial charge is 0.494 e. The second-order valence-corrected chi connectivity index (χ2v) is 6.49. The summed E-state index contributed by atoms with van der Waals surface area (Å²) >= 11 is 0. The van der Waals surface area contributed by atoms with Gasteiger partial charge in [0, 0.05) is 19.2 Å². The minimum atomic E-state index is -3.57. The molecule has 0 spiro atoms. The van der Waals surface area contributed by atoms with Crippen LogP contribution in [-0.4, -0.2) is 39.5 Å². The fraction of sp³-hybridized carbons (Fsp3) is 0.467. The number of hydrogen-bond acceptors (Lipinski definition) is 4. The number of ether oxygens (including phenoxy) is 1. The van der Waals surface area contributed by atoms with Gasteiger partial charge in [-0.1, -0.05) is 12.8 Å². The molecule has 0 aromatic heterocycles. The van der Waals surface area contributed by atoms with E-state index in [2.05, 4.69) is 11.2 Å². The third kappa shape index (κ3) is 4.46. The lowest BCUT2D eigenvalue weighted by molar-refractivity contribution is 0.335. The summed E-state index contributed by atoms with van der Waals surface area (Å²) in [6.07, 6.45) is 5.18. The van der Waals surface area contributed by atoms with Crippen LogP contribution in [0.4, 0.5) is 0 Å². The second kappa shape index (κ2) is 8.03. The molecule has 0 aliphatic carbocycles. The Bertz CT molecular complexity index is 606. The first-order valence-corrected chi connectivity index (χ1v) is 8.27. The van der Waals surface area contributed by atoms with E-state index in [1.54, 1.807) is 18.2 Å². The Morgan fingerprint density at radius 1 is 1.38 bits per heavy atom. The Labute approximate surface area is 127 Å². The van der Waals surface area contributed by atoms with Gasteiger partial charge < -0.3 is 10.1 Å². The van der Waals surface area contributed by atoms with E-state index in [9.17, 15) is 8.42 Å². The van der Waals surface area contributed by atoms with Crippen molar-refractivity contribution in [1.29, 1.82) is 0 Å². The standard InChI is InChI=1S/C15H22N2O3S/c1-5-10-17(4)21(18,19)14-8-9-15(20-7-3)13(11-14)12-16-6-2/h1,8-9,11,16H,6-7,10,12H2,2-4H3. The van der Waals surface area contributed by atoms with Crippen molar-refractivity contribution in [2.24, 2.45) is 0 Å². The average Bonchev–Trinajstić information content (AvgIpc) is 2.46.